The first-order chi connectivity index (χ1) is 21.6. The van der Waals surface area contributed by atoms with E-state index in [1.54, 1.807) is 35.4 Å². The normalized spacial score (nSPS) is 16.4. The van der Waals surface area contributed by atoms with Crippen molar-refractivity contribution in [2.24, 2.45) is 0 Å². The van der Waals surface area contributed by atoms with Gasteiger partial charge in [0.1, 0.15) is 12.3 Å². The minimum Gasteiger partial charge on any atom is -0.446 e. The van der Waals surface area contributed by atoms with Crippen LogP contribution in [0.4, 0.5) is 13.2 Å². The fourth-order valence-electron chi connectivity index (χ4n) is 5.52. The number of nitrogens with zero attached hydrogens (tertiary/aromatic N) is 2. The molecule has 1 fully saturated rings. The molecule has 1 aromatic heterocycles. The van der Waals surface area contributed by atoms with Gasteiger partial charge in [0.15, 0.2) is 0 Å². The second-order valence-corrected chi connectivity index (χ2v) is 11.2. The number of aryl methyl sites for hydroxylation is 1. The fourth-order valence-corrected chi connectivity index (χ4v) is 5.52. The lowest BCUT2D eigenvalue weighted by atomic mass is 10.00. The molecule has 0 bridgehead atoms. The quantitative estimate of drug-likeness (QED) is 0.205. The van der Waals surface area contributed by atoms with E-state index in [2.05, 4.69) is 15.6 Å². The molecule has 1 saturated heterocycles. The van der Waals surface area contributed by atoms with Gasteiger partial charge < -0.3 is 25.1 Å². The summed E-state index contributed by atoms with van der Waals surface area (Å²) < 4.78 is 44.9. The fraction of sp³-hybridized carbons (Fsp3) is 0.324. The van der Waals surface area contributed by atoms with E-state index < -0.39 is 29.8 Å². The molecule has 1 aliphatic rings. The second-order valence-electron chi connectivity index (χ2n) is 11.2. The van der Waals surface area contributed by atoms with Crippen molar-refractivity contribution in [1.82, 2.24) is 20.5 Å². The monoisotopic (exact) mass is 620 g/mol. The smallest absolute Gasteiger partial charge is 0.416 e. The Kier molecular flexibility index (Phi) is 9.99. The zero-order chi connectivity index (χ0) is 32.0. The van der Waals surface area contributed by atoms with E-state index in [9.17, 15) is 27.9 Å². The lowest BCUT2D eigenvalue weighted by Gasteiger charge is -2.25. The van der Waals surface area contributed by atoms with Gasteiger partial charge in [-0.25, -0.2) is 4.98 Å². The number of amides is 2. The molecule has 5 rings (SSSR count). The van der Waals surface area contributed by atoms with Crippen molar-refractivity contribution in [1.29, 1.82) is 0 Å². The zero-order valence-electron chi connectivity index (χ0n) is 24.8. The maximum atomic E-state index is 13.5. The van der Waals surface area contributed by atoms with E-state index >= 15 is 0 Å². The summed E-state index contributed by atoms with van der Waals surface area (Å²) in [5.41, 5.74) is 1.89. The molecule has 3 atom stereocenters. The van der Waals surface area contributed by atoms with Crippen molar-refractivity contribution in [2.75, 3.05) is 13.1 Å². The van der Waals surface area contributed by atoms with Crippen LogP contribution in [0, 0.1) is 6.92 Å². The highest BCUT2D eigenvalue weighted by Gasteiger charge is 2.34. The van der Waals surface area contributed by atoms with Crippen LogP contribution >= 0.6 is 0 Å². The second kappa shape index (κ2) is 14.1. The van der Waals surface area contributed by atoms with Gasteiger partial charge in [-0.05, 0) is 61.6 Å². The third kappa shape index (κ3) is 8.17. The van der Waals surface area contributed by atoms with Crippen molar-refractivity contribution in [2.45, 2.75) is 57.1 Å². The maximum Gasteiger partial charge on any atom is 0.416 e. The van der Waals surface area contributed by atoms with E-state index in [-0.39, 0.29) is 30.6 Å². The van der Waals surface area contributed by atoms with Gasteiger partial charge in [0.05, 0.1) is 23.4 Å². The summed E-state index contributed by atoms with van der Waals surface area (Å²) in [4.78, 5) is 33.1. The third-order valence-electron chi connectivity index (χ3n) is 7.82. The van der Waals surface area contributed by atoms with Crippen LogP contribution in [0.5, 0.6) is 0 Å². The van der Waals surface area contributed by atoms with Crippen LogP contribution in [0.2, 0.25) is 0 Å². The van der Waals surface area contributed by atoms with Gasteiger partial charge in [0.2, 0.25) is 5.89 Å². The lowest BCUT2D eigenvalue weighted by molar-refractivity contribution is -0.137. The first-order valence-corrected chi connectivity index (χ1v) is 14.8. The van der Waals surface area contributed by atoms with Crippen LogP contribution in [0.3, 0.4) is 0 Å². The molecule has 11 heteroatoms. The van der Waals surface area contributed by atoms with Gasteiger partial charge >= 0.3 is 6.18 Å². The number of hydrogen-bond donors (Lipinski definition) is 3. The number of nitrogens with one attached hydrogen (secondary N) is 2. The molecule has 3 N–H and O–H groups in total. The molecule has 0 unspecified atom stereocenters. The Morgan fingerprint density at radius 2 is 1.76 bits per heavy atom. The Bertz CT molecular complexity index is 1610. The van der Waals surface area contributed by atoms with Gasteiger partial charge in [-0.2, -0.15) is 13.2 Å². The summed E-state index contributed by atoms with van der Waals surface area (Å²) >= 11 is 0. The maximum absolute atomic E-state index is 13.5. The molecule has 4 aromatic rings. The molecule has 3 aromatic carbocycles. The summed E-state index contributed by atoms with van der Waals surface area (Å²) in [6.07, 6.45) is -2.12. The number of oxazole rings is 1. The van der Waals surface area contributed by atoms with Crippen LogP contribution in [0.25, 0.3) is 0 Å². The number of hydrogen-bond acceptors (Lipinski definition) is 6. The predicted molar refractivity (Wildman–Crippen MR) is 161 cm³/mol. The molecule has 236 valence electrons. The van der Waals surface area contributed by atoms with Gasteiger partial charge in [-0.1, -0.05) is 54.6 Å². The lowest BCUT2D eigenvalue weighted by Crippen LogP contribution is -2.48. The Hall–Kier alpha value is -4.48. The standard InChI is InChI=1S/C34H35F3N4O4/c1-22-21-45-32(39-22)29-14-7-15-41(29)33(44)26-12-6-11-25(18-26)31(43)40-28(17-23-8-3-2-4-9-23)30(42)20-38-19-24-10-5-13-27(16-24)34(35,36)37/h2-6,8-13,16,18,21,28-30,38,42H,7,14-15,17,19-20H2,1H3,(H,40,43)/t28-,29+,30+/m0/s1. The number of aromatic nitrogens is 1. The molecule has 0 spiro atoms. The zero-order valence-corrected chi connectivity index (χ0v) is 24.8. The molecule has 0 saturated carbocycles. The summed E-state index contributed by atoms with van der Waals surface area (Å²) in [6, 6.07) is 19.7. The van der Waals surface area contributed by atoms with Crippen LogP contribution in [-0.2, 0) is 19.1 Å². The largest absolute Gasteiger partial charge is 0.446 e. The van der Waals surface area contributed by atoms with Crippen LogP contribution in [0.15, 0.2) is 89.5 Å². The topological polar surface area (TPSA) is 108 Å². The van der Waals surface area contributed by atoms with Gasteiger partial charge in [0, 0.05) is 30.8 Å². The Balaban J connectivity index is 1.26. The van der Waals surface area contributed by atoms with E-state index in [1.807, 2.05) is 37.3 Å². The molecule has 2 amide bonds. The molecular weight excluding hydrogens is 585 g/mol. The average molecular weight is 621 g/mol. The molecule has 0 radical (unpaired) electrons. The summed E-state index contributed by atoms with van der Waals surface area (Å²) in [5, 5.41) is 17.0. The SMILES string of the molecule is Cc1coc([C@H]2CCCN2C(=O)c2cccc(C(=O)N[C@@H](Cc3ccccc3)[C@H](O)CNCc3cccc(C(F)(F)F)c3)c2)n1. The summed E-state index contributed by atoms with van der Waals surface area (Å²) in [5.74, 6) is -0.210. The highest BCUT2D eigenvalue weighted by Crippen LogP contribution is 2.33. The highest BCUT2D eigenvalue weighted by atomic mass is 19.4. The molecular formula is C34H35F3N4O4. The summed E-state index contributed by atoms with van der Waals surface area (Å²) in [7, 11) is 0. The minimum absolute atomic E-state index is 0.0171. The van der Waals surface area contributed by atoms with E-state index in [4.69, 9.17) is 4.42 Å². The molecule has 2 heterocycles. The summed E-state index contributed by atoms with van der Waals surface area (Å²) in [6.45, 7) is 2.48. The predicted octanol–water partition coefficient (Wildman–Crippen LogP) is 5.47. The first kappa shape index (κ1) is 31.9. The Morgan fingerprint density at radius 1 is 1.02 bits per heavy atom. The van der Waals surface area contributed by atoms with Gasteiger partial charge in [0.25, 0.3) is 11.8 Å². The number of carbonyl (C=O) groups is 2. The van der Waals surface area contributed by atoms with Gasteiger partial charge in [-0.15, -0.1) is 0 Å². The number of aliphatic hydroxyl groups excluding tert-OH is 1. The third-order valence-corrected chi connectivity index (χ3v) is 7.82. The number of rotatable bonds is 11. The number of benzene rings is 3. The first-order valence-electron chi connectivity index (χ1n) is 14.8. The van der Waals surface area contributed by atoms with Crippen molar-refractivity contribution in [3.8, 4) is 0 Å². The van der Waals surface area contributed by atoms with Crippen LogP contribution in [0.1, 0.15) is 67.9 Å². The van der Waals surface area contributed by atoms with Crippen LogP contribution < -0.4 is 10.6 Å². The molecule has 1 aliphatic heterocycles. The number of halogens is 3. The average Bonchev–Trinajstić information content (AvgIpc) is 3.70. The number of alkyl halides is 3. The number of carbonyl (C=O) groups excluding carboxylic acids is 2. The van der Waals surface area contributed by atoms with E-state index in [1.165, 1.54) is 12.1 Å². The van der Waals surface area contributed by atoms with Crippen molar-refractivity contribution in [3.05, 3.63) is 125 Å². The molecule has 45 heavy (non-hydrogen) atoms. The molecule has 0 aliphatic carbocycles. The van der Waals surface area contributed by atoms with Gasteiger partial charge in [-0.3, -0.25) is 9.59 Å². The number of likely N-dealkylation sites (tertiary alicyclic amines) is 1. The van der Waals surface area contributed by atoms with Crippen molar-refractivity contribution in [3.63, 3.8) is 0 Å². The number of aliphatic hydroxyl groups is 1. The van der Waals surface area contributed by atoms with Crippen molar-refractivity contribution >= 4 is 11.8 Å². The molecule has 8 nitrogen and oxygen atoms in total. The van der Waals surface area contributed by atoms with Crippen LogP contribution in [-0.4, -0.2) is 52.0 Å². The van der Waals surface area contributed by atoms with Crippen molar-refractivity contribution < 1.29 is 32.3 Å². The van der Waals surface area contributed by atoms with E-state index in [0.29, 0.717) is 30.0 Å². The minimum atomic E-state index is -4.45. The highest BCUT2D eigenvalue weighted by molar-refractivity contribution is 6.00. The van der Waals surface area contributed by atoms with E-state index in [0.717, 1.165) is 36.2 Å². The Morgan fingerprint density at radius 3 is 2.49 bits per heavy atom. The Labute approximate surface area is 259 Å².